The zero-order chi connectivity index (χ0) is 18.5. The van der Waals surface area contributed by atoms with Crippen LogP contribution in [0.1, 0.15) is 22.3 Å². The molecular formula is C16H12I6OS. The van der Waals surface area contributed by atoms with Crippen LogP contribution in [0.2, 0.25) is 0 Å². The van der Waals surface area contributed by atoms with E-state index in [4.69, 9.17) is 0 Å². The monoisotopic (exact) mass is 1010 g/mol. The van der Waals surface area contributed by atoms with Gasteiger partial charge < -0.3 is 0 Å². The molecule has 0 bridgehead atoms. The quantitative estimate of drug-likeness (QED) is 0.282. The maximum absolute atomic E-state index is 13.6. The fraction of sp³-hybridized carbons (Fsp3) is 0.250. The lowest BCUT2D eigenvalue weighted by atomic mass is 10.2. The molecule has 2 rings (SSSR count). The average molecular weight is 1010 g/mol. The summed E-state index contributed by atoms with van der Waals surface area (Å²) in [4.78, 5) is 1.92. The lowest BCUT2D eigenvalue weighted by molar-refractivity contribution is 0.681. The van der Waals surface area contributed by atoms with Gasteiger partial charge in [0.05, 0.1) is 20.6 Å². The number of hydrogen-bond donors (Lipinski definition) is 0. The lowest BCUT2D eigenvalue weighted by Gasteiger charge is -2.19. The van der Waals surface area contributed by atoms with Crippen molar-refractivity contribution in [1.29, 1.82) is 0 Å². The van der Waals surface area contributed by atoms with E-state index in [1.165, 1.54) is 29.4 Å². The standard InChI is InChI=1S/C16H12I6OS/c1-5-9(17)6(2)12(20)15(11(5)19)24(23)16-13(21)7(3)10(18)8(4)14(16)22/h1-4H3. The normalized spacial score (nSPS) is 11.5. The first-order chi connectivity index (χ1) is 11.0. The van der Waals surface area contributed by atoms with Gasteiger partial charge in [0.2, 0.25) is 0 Å². The summed E-state index contributed by atoms with van der Waals surface area (Å²) in [6.45, 7) is 8.47. The van der Waals surface area contributed by atoms with Crippen molar-refractivity contribution in [2.75, 3.05) is 0 Å². The first kappa shape index (κ1) is 23.3. The van der Waals surface area contributed by atoms with Gasteiger partial charge in [0, 0.05) is 21.4 Å². The Morgan fingerprint density at radius 3 is 0.917 bits per heavy atom. The van der Waals surface area contributed by atoms with Gasteiger partial charge in [0.1, 0.15) is 0 Å². The Balaban J connectivity index is 2.87. The van der Waals surface area contributed by atoms with Crippen LogP contribution in [0.4, 0.5) is 0 Å². The van der Waals surface area contributed by atoms with Gasteiger partial charge in [0.25, 0.3) is 0 Å². The molecule has 2 aromatic rings. The van der Waals surface area contributed by atoms with Crippen molar-refractivity contribution in [3.63, 3.8) is 0 Å². The minimum absolute atomic E-state index is 0.961. The van der Waals surface area contributed by atoms with Crippen molar-refractivity contribution >= 4 is 146 Å². The van der Waals surface area contributed by atoms with Crippen LogP contribution < -0.4 is 0 Å². The number of halogens is 6. The van der Waals surface area contributed by atoms with E-state index in [1.807, 2.05) is 0 Å². The Bertz CT molecular complexity index is 762. The molecule has 0 fully saturated rings. The molecule has 2 aromatic carbocycles. The van der Waals surface area contributed by atoms with E-state index in [2.05, 4.69) is 163 Å². The van der Waals surface area contributed by atoms with Gasteiger partial charge in [-0.05, 0) is 185 Å². The van der Waals surface area contributed by atoms with Gasteiger partial charge in [0.15, 0.2) is 0 Å². The number of benzene rings is 2. The van der Waals surface area contributed by atoms with Crippen LogP contribution >= 0.6 is 136 Å². The largest absolute Gasteiger partial charge is 0.249 e. The summed E-state index contributed by atoms with van der Waals surface area (Å²) in [6, 6.07) is 0. The highest BCUT2D eigenvalue weighted by Gasteiger charge is 2.26. The van der Waals surface area contributed by atoms with Crippen LogP contribution in [0, 0.1) is 49.1 Å². The predicted octanol–water partition coefficient (Wildman–Crippen LogP) is 7.71. The van der Waals surface area contributed by atoms with E-state index >= 15 is 0 Å². The summed E-state index contributed by atoms with van der Waals surface area (Å²) >= 11 is 14.2. The summed E-state index contributed by atoms with van der Waals surface area (Å²) in [5.74, 6) is 0. The molecule has 130 valence electrons. The van der Waals surface area contributed by atoms with Crippen LogP contribution in [0.25, 0.3) is 0 Å². The average Bonchev–Trinajstić information content (AvgIpc) is 2.55. The van der Waals surface area contributed by atoms with Crippen LogP contribution in [-0.4, -0.2) is 4.21 Å². The first-order valence-corrected chi connectivity index (χ1v) is 14.3. The van der Waals surface area contributed by atoms with Crippen LogP contribution in [0.15, 0.2) is 9.79 Å². The second kappa shape index (κ2) is 9.19. The molecule has 0 atom stereocenters. The maximum atomic E-state index is 13.6. The van der Waals surface area contributed by atoms with E-state index < -0.39 is 10.8 Å². The highest BCUT2D eigenvalue weighted by atomic mass is 127. The molecule has 0 aliphatic rings. The molecule has 8 heteroatoms. The fourth-order valence-corrected chi connectivity index (χ4v) is 12.4. The summed E-state index contributed by atoms with van der Waals surface area (Å²) in [7, 11) is -1.19. The SMILES string of the molecule is Cc1c(I)c(C)c(I)c(S(=O)c2c(I)c(C)c(I)c(C)c2I)c1I. The van der Waals surface area contributed by atoms with E-state index in [0.29, 0.717) is 0 Å². The Kier molecular flexibility index (Phi) is 8.91. The highest BCUT2D eigenvalue weighted by molar-refractivity contribution is 14.1. The molecule has 0 saturated heterocycles. The molecule has 0 N–H and O–H groups in total. The van der Waals surface area contributed by atoms with Crippen molar-refractivity contribution < 1.29 is 4.21 Å². The van der Waals surface area contributed by atoms with Crippen molar-refractivity contribution in [1.82, 2.24) is 0 Å². The molecular weight excluding hydrogens is 1000 g/mol. The predicted molar refractivity (Wildman–Crippen MR) is 153 cm³/mol. The Labute approximate surface area is 227 Å². The maximum Gasteiger partial charge on any atom is 0.0893 e. The molecule has 0 aliphatic carbocycles. The van der Waals surface area contributed by atoms with Gasteiger partial charge in [-0.25, -0.2) is 4.21 Å². The van der Waals surface area contributed by atoms with Crippen molar-refractivity contribution in [2.45, 2.75) is 37.5 Å². The smallest absolute Gasteiger partial charge is 0.0893 e. The van der Waals surface area contributed by atoms with Gasteiger partial charge in [-0.1, -0.05) is 0 Å². The van der Waals surface area contributed by atoms with Crippen LogP contribution in [0.5, 0.6) is 0 Å². The molecule has 0 spiro atoms. The molecule has 0 amide bonds. The summed E-state index contributed by atoms with van der Waals surface area (Å²) in [6.07, 6.45) is 0. The first-order valence-electron chi connectivity index (χ1n) is 6.71. The third-order valence-corrected chi connectivity index (χ3v) is 15.5. The van der Waals surface area contributed by atoms with E-state index in [0.717, 1.165) is 24.1 Å². The van der Waals surface area contributed by atoms with E-state index in [9.17, 15) is 4.21 Å². The summed E-state index contributed by atoms with van der Waals surface area (Å²) in [5.41, 5.74) is 4.89. The fourth-order valence-electron chi connectivity index (χ4n) is 2.25. The summed E-state index contributed by atoms with van der Waals surface area (Å²) in [5, 5.41) is 0. The van der Waals surface area contributed by atoms with Crippen LogP contribution in [-0.2, 0) is 10.8 Å². The minimum atomic E-state index is -1.19. The zero-order valence-corrected chi connectivity index (χ0v) is 26.8. The second-order valence-electron chi connectivity index (χ2n) is 5.31. The molecule has 0 aromatic heterocycles. The van der Waals surface area contributed by atoms with Gasteiger partial charge in [-0.3, -0.25) is 0 Å². The minimum Gasteiger partial charge on any atom is -0.249 e. The summed E-state index contributed by atoms with van der Waals surface area (Å²) < 4.78 is 20.6. The van der Waals surface area contributed by atoms with Crippen LogP contribution in [0.3, 0.4) is 0 Å². The highest BCUT2D eigenvalue weighted by Crippen LogP contribution is 2.39. The Morgan fingerprint density at radius 1 is 0.500 bits per heavy atom. The molecule has 0 heterocycles. The lowest BCUT2D eigenvalue weighted by Crippen LogP contribution is -2.10. The third-order valence-electron chi connectivity index (χ3n) is 3.80. The van der Waals surface area contributed by atoms with Crippen molar-refractivity contribution in [2.24, 2.45) is 0 Å². The number of hydrogen-bond acceptors (Lipinski definition) is 1. The number of rotatable bonds is 2. The molecule has 0 radical (unpaired) electrons. The van der Waals surface area contributed by atoms with Gasteiger partial charge in [-0.15, -0.1) is 0 Å². The van der Waals surface area contributed by atoms with Crippen molar-refractivity contribution in [3.8, 4) is 0 Å². The molecule has 0 unspecified atom stereocenters. The third kappa shape index (κ3) is 4.13. The topological polar surface area (TPSA) is 17.1 Å². The molecule has 0 saturated carbocycles. The van der Waals surface area contributed by atoms with E-state index in [1.54, 1.807) is 0 Å². The van der Waals surface area contributed by atoms with E-state index in [-0.39, 0.29) is 0 Å². The zero-order valence-electron chi connectivity index (χ0n) is 13.1. The Hall–Kier alpha value is 2.97. The Morgan fingerprint density at radius 2 is 0.708 bits per heavy atom. The second-order valence-corrected chi connectivity index (χ2v) is 13.1. The molecule has 1 nitrogen and oxygen atoms in total. The molecule has 24 heavy (non-hydrogen) atoms. The van der Waals surface area contributed by atoms with Gasteiger partial charge >= 0.3 is 0 Å². The van der Waals surface area contributed by atoms with Crippen molar-refractivity contribution in [3.05, 3.63) is 43.7 Å². The van der Waals surface area contributed by atoms with Gasteiger partial charge in [-0.2, -0.15) is 0 Å². The molecule has 0 aliphatic heterocycles.